The highest BCUT2D eigenvalue weighted by Gasteiger charge is 2.12. The van der Waals surface area contributed by atoms with Crippen molar-refractivity contribution in [3.63, 3.8) is 0 Å². The maximum Gasteiger partial charge on any atom is 0.371 e. The zero-order valence-electron chi connectivity index (χ0n) is 16.3. The lowest BCUT2D eigenvalue weighted by atomic mass is 10.1. The van der Waals surface area contributed by atoms with Gasteiger partial charge in [-0.2, -0.15) is 0 Å². The average molecular weight is 406 g/mol. The topological polar surface area (TPSA) is 99.1 Å². The van der Waals surface area contributed by atoms with Crippen LogP contribution in [0.3, 0.4) is 0 Å². The number of hydrogen-bond acceptors (Lipinski definition) is 6. The zero-order valence-corrected chi connectivity index (χ0v) is 16.3. The first-order valence-electron chi connectivity index (χ1n) is 9.15. The van der Waals surface area contributed by atoms with Crippen molar-refractivity contribution in [2.24, 2.45) is 0 Å². The van der Waals surface area contributed by atoms with Crippen LogP contribution in [0.4, 0.5) is 0 Å². The maximum atomic E-state index is 12.8. The second-order valence-corrected chi connectivity index (χ2v) is 6.87. The lowest BCUT2D eigenvalue weighted by Gasteiger charge is -2.08. The minimum absolute atomic E-state index is 0.0386. The molecule has 0 amide bonds. The molecule has 0 unspecified atom stereocenters. The van der Waals surface area contributed by atoms with Crippen molar-refractivity contribution >= 4 is 16.9 Å². The first kappa shape index (κ1) is 19.3. The summed E-state index contributed by atoms with van der Waals surface area (Å²) in [4.78, 5) is 23.6. The smallest absolute Gasteiger partial charge is 0.371 e. The Hall–Kier alpha value is -4.00. The van der Waals surface area contributed by atoms with E-state index in [1.165, 1.54) is 18.4 Å². The van der Waals surface area contributed by atoms with Crippen molar-refractivity contribution in [1.82, 2.24) is 0 Å². The standard InChI is InChI=1S/C23H18O7/c1-13-7-14(2)9-17(8-13)30-21-12-28-20-10-15(3-5-18(20)22(21)24)27-11-16-4-6-19(29-16)23(25)26/h3-10,12H,11H2,1-2H3,(H,25,26). The van der Waals surface area contributed by atoms with E-state index in [-0.39, 0.29) is 23.5 Å². The minimum atomic E-state index is -1.15. The first-order chi connectivity index (χ1) is 14.4. The Bertz CT molecular complexity index is 1280. The van der Waals surface area contributed by atoms with Crippen LogP contribution >= 0.6 is 0 Å². The molecule has 0 aliphatic carbocycles. The number of carboxylic acids is 1. The van der Waals surface area contributed by atoms with Crippen LogP contribution in [0.25, 0.3) is 11.0 Å². The van der Waals surface area contributed by atoms with Crippen molar-refractivity contribution in [2.45, 2.75) is 20.5 Å². The van der Waals surface area contributed by atoms with E-state index in [1.54, 1.807) is 18.2 Å². The van der Waals surface area contributed by atoms with Crippen LogP contribution in [-0.4, -0.2) is 11.1 Å². The third-order valence-electron chi connectivity index (χ3n) is 4.39. The fourth-order valence-corrected chi connectivity index (χ4v) is 3.09. The van der Waals surface area contributed by atoms with Crippen molar-refractivity contribution in [3.05, 3.63) is 87.7 Å². The van der Waals surface area contributed by atoms with E-state index < -0.39 is 5.97 Å². The monoisotopic (exact) mass is 406 g/mol. The fourth-order valence-electron chi connectivity index (χ4n) is 3.09. The quantitative estimate of drug-likeness (QED) is 0.477. The largest absolute Gasteiger partial charge is 0.486 e. The Morgan fingerprint density at radius 1 is 1.00 bits per heavy atom. The molecule has 2 aromatic carbocycles. The van der Waals surface area contributed by atoms with E-state index in [0.29, 0.717) is 28.2 Å². The number of aromatic carboxylic acids is 1. The summed E-state index contributed by atoms with van der Waals surface area (Å²) in [5, 5.41) is 9.24. The average Bonchev–Trinajstić information content (AvgIpc) is 3.17. The Labute approximate surface area is 171 Å². The Kier molecular flexibility index (Phi) is 5.02. The number of benzene rings is 2. The molecule has 0 atom stereocenters. The molecule has 152 valence electrons. The van der Waals surface area contributed by atoms with E-state index >= 15 is 0 Å². The molecule has 1 N–H and O–H groups in total. The highest BCUT2D eigenvalue weighted by Crippen LogP contribution is 2.26. The molecule has 0 bridgehead atoms. The van der Waals surface area contributed by atoms with Gasteiger partial charge in [-0.25, -0.2) is 4.79 Å². The van der Waals surface area contributed by atoms with Gasteiger partial charge in [0, 0.05) is 6.07 Å². The molecule has 0 saturated heterocycles. The van der Waals surface area contributed by atoms with Crippen LogP contribution < -0.4 is 14.9 Å². The fraction of sp³-hybridized carbons (Fsp3) is 0.130. The number of hydrogen-bond donors (Lipinski definition) is 1. The number of fused-ring (bicyclic) bond motifs is 1. The van der Waals surface area contributed by atoms with Gasteiger partial charge >= 0.3 is 5.97 Å². The van der Waals surface area contributed by atoms with E-state index in [9.17, 15) is 9.59 Å². The summed E-state index contributed by atoms with van der Waals surface area (Å²) in [5.41, 5.74) is 2.11. The van der Waals surface area contributed by atoms with Crippen molar-refractivity contribution < 1.29 is 28.2 Å². The molecule has 30 heavy (non-hydrogen) atoms. The first-order valence-corrected chi connectivity index (χ1v) is 9.15. The van der Waals surface area contributed by atoms with Gasteiger partial charge in [-0.3, -0.25) is 4.79 Å². The number of rotatable bonds is 6. The minimum Gasteiger partial charge on any atom is -0.486 e. The Morgan fingerprint density at radius 2 is 1.77 bits per heavy atom. The lowest BCUT2D eigenvalue weighted by Crippen LogP contribution is -2.05. The number of aryl methyl sites for hydroxylation is 2. The third kappa shape index (κ3) is 4.05. The molecule has 7 heteroatoms. The molecule has 2 aromatic heterocycles. The van der Waals surface area contributed by atoms with Gasteiger partial charge in [-0.05, 0) is 61.4 Å². The van der Waals surface area contributed by atoms with Crippen LogP contribution in [0.5, 0.6) is 17.2 Å². The molecule has 0 aliphatic heterocycles. The van der Waals surface area contributed by atoms with E-state index in [0.717, 1.165) is 11.1 Å². The predicted molar refractivity (Wildman–Crippen MR) is 108 cm³/mol. The van der Waals surface area contributed by atoms with Gasteiger partial charge in [0.2, 0.25) is 16.9 Å². The predicted octanol–water partition coefficient (Wildman–Crippen LogP) is 5.07. The second-order valence-electron chi connectivity index (χ2n) is 6.87. The number of furan rings is 1. The molecular weight excluding hydrogens is 388 g/mol. The molecule has 0 spiro atoms. The maximum absolute atomic E-state index is 12.8. The summed E-state index contributed by atoms with van der Waals surface area (Å²) in [5.74, 6) is 0.173. The summed E-state index contributed by atoms with van der Waals surface area (Å²) in [6.07, 6.45) is 1.28. The van der Waals surface area contributed by atoms with E-state index in [1.807, 2.05) is 32.0 Å². The zero-order chi connectivity index (χ0) is 21.3. The molecule has 4 rings (SSSR count). The summed E-state index contributed by atoms with van der Waals surface area (Å²) in [6.45, 7) is 3.95. The van der Waals surface area contributed by atoms with Crippen molar-refractivity contribution in [1.29, 1.82) is 0 Å². The van der Waals surface area contributed by atoms with Gasteiger partial charge in [0.1, 0.15) is 35.7 Å². The van der Waals surface area contributed by atoms with E-state index in [2.05, 4.69) is 0 Å². The molecule has 7 nitrogen and oxygen atoms in total. The van der Waals surface area contributed by atoms with Crippen LogP contribution in [0.15, 0.2) is 68.4 Å². The number of carbonyl (C=O) groups is 1. The summed E-state index contributed by atoms with van der Waals surface area (Å²) in [7, 11) is 0. The SMILES string of the molecule is Cc1cc(C)cc(Oc2coc3cc(OCc4ccc(C(=O)O)o4)ccc3c2=O)c1. The van der Waals surface area contributed by atoms with Gasteiger partial charge in [-0.1, -0.05) is 6.07 Å². The second kappa shape index (κ2) is 7.79. The highest BCUT2D eigenvalue weighted by molar-refractivity contribution is 5.84. The highest BCUT2D eigenvalue weighted by atomic mass is 16.5. The van der Waals surface area contributed by atoms with Crippen LogP contribution in [-0.2, 0) is 6.61 Å². The van der Waals surface area contributed by atoms with Crippen molar-refractivity contribution in [2.75, 3.05) is 0 Å². The summed E-state index contributed by atoms with van der Waals surface area (Å²) >= 11 is 0. The van der Waals surface area contributed by atoms with Gasteiger partial charge in [0.15, 0.2) is 0 Å². The molecule has 0 fully saturated rings. The van der Waals surface area contributed by atoms with Crippen LogP contribution in [0.1, 0.15) is 27.4 Å². The van der Waals surface area contributed by atoms with E-state index in [4.69, 9.17) is 23.4 Å². The molecule has 4 aromatic rings. The molecular formula is C23H18O7. The van der Waals surface area contributed by atoms with Crippen molar-refractivity contribution in [3.8, 4) is 17.2 Å². The van der Waals surface area contributed by atoms with Crippen LogP contribution in [0, 0.1) is 13.8 Å². The molecule has 0 radical (unpaired) electrons. The molecule has 0 saturated carbocycles. The number of carboxylic acid groups (broad SMARTS) is 1. The normalized spacial score (nSPS) is 10.9. The van der Waals surface area contributed by atoms with Gasteiger partial charge < -0.3 is 23.4 Å². The van der Waals surface area contributed by atoms with Gasteiger partial charge in [-0.15, -0.1) is 0 Å². The number of ether oxygens (including phenoxy) is 2. The Morgan fingerprint density at radius 3 is 2.47 bits per heavy atom. The summed E-state index contributed by atoms with van der Waals surface area (Å²) < 4.78 is 22.1. The van der Waals surface area contributed by atoms with Gasteiger partial charge in [0.25, 0.3) is 0 Å². The van der Waals surface area contributed by atoms with Gasteiger partial charge in [0.05, 0.1) is 5.39 Å². The lowest BCUT2D eigenvalue weighted by molar-refractivity contribution is 0.0658. The molecule has 0 aliphatic rings. The molecule has 2 heterocycles. The summed E-state index contributed by atoms with van der Waals surface area (Å²) in [6, 6.07) is 13.4. The third-order valence-corrected chi connectivity index (χ3v) is 4.39. The Balaban J connectivity index is 1.54. The van der Waals surface area contributed by atoms with Crippen LogP contribution in [0.2, 0.25) is 0 Å².